The van der Waals surface area contributed by atoms with E-state index in [9.17, 15) is 9.18 Å². The highest BCUT2D eigenvalue weighted by Gasteiger charge is 2.34. The molecule has 1 heterocycles. The number of nitrogens with zero attached hydrogens (tertiary/aromatic N) is 2. The van der Waals surface area contributed by atoms with E-state index in [2.05, 4.69) is 4.98 Å². The summed E-state index contributed by atoms with van der Waals surface area (Å²) >= 11 is 1.27. The van der Waals surface area contributed by atoms with Crippen LogP contribution in [0.3, 0.4) is 0 Å². The van der Waals surface area contributed by atoms with Crippen LogP contribution in [0.1, 0.15) is 28.9 Å². The lowest BCUT2D eigenvalue weighted by Gasteiger charge is -2.23. The van der Waals surface area contributed by atoms with Crippen LogP contribution in [0.2, 0.25) is 0 Å². The third-order valence-corrected chi connectivity index (χ3v) is 5.78. The summed E-state index contributed by atoms with van der Waals surface area (Å²) in [4.78, 5) is 19.5. The molecule has 2 aromatic carbocycles. The summed E-state index contributed by atoms with van der Waals surface area (Å²) in [5, 5.41) is 2.20. The number of halogens is 1. The fourth-order valence-corrected chi connectivity index (χ4v) is 4.04. The van der Waals surface area contributed by atoms with Crippen molar-refractivity contribution < 1.29 is 18.7 Å². The van der Waals surface area contributed by atoms with Crippen molar-refractivity contribution in [2.24, 2.45) is 0 Å². The topological polar surface area (TPSA) is 51.7 Å². The fourth-order valence-electron chi connectivity index (χ4n) is 3.22. The lowest BCUT2D eigenvalue weighted by atomic mass is 10.1. The number of hydrogen-bond donors (Lipinski definition) is 0. The first kappa shape index (κ1) is 19.4. The maximum absolute atomic E-state index is 14.1. The Bertz CT molecular complexity index is 1030. The molecule has 0 spiro atoms. The zero-order valence-corrected chi connectivity index (χ0v) is 17.0. The van der Waals surface area contributed by atoms with Gasteiger partial charge in [0.15, 0.2) is 0 Å². The van der Waals surface area contributed by atoms with E-state index in [1.54, 1.807) is 37.8 Å². The number of thiazole rings is 1. The smallest absolute Gasteiger partial charge is 0.273 e. The van der Waals surface area contributed by atoms with Crippen molar-refractivity contribution in [1.29, 1.82) is 0 Å². The monoisotopic (exact) mass is 412 g/mol. The minimum atomic E-state index is -0.346. The third kappa shape index (κ3) is 4.10. The van der Waals surface area contributed by atoms with Crippen molar-refractivity contribution >= 4 is 17.2 Å². The second-order valence-corrected chi connectivity index (χ2v) is 7.72. The van der Waals surface area contributed by atoms with Gasteiger partial charge in [0.1, 0.15) is 28.0 Å². The first-order valence-corrected chi connectivity index (χ1v) is 10.2. The van der Waals surface area contributed by atoms with Crippen molar-refractivity contribution in [2.75, 3.05) is 14.2 Å². The van der Waals surface area contributed by atoms with E-state index in [-0.39, 0.29) is 17.8 Å². The van der Waals surface area contributed by atoms with Crippen LogP contribution in [0.5, 0.6) is 11.5 Å². The van der Waals surface area contributed by atoms with E-state index in [1.165, 1.54) is 17.4 Å². The summed E-state index contributed by atoms with van der Waals surface area (Å²) in [5.74, 6) is 0.909. The molecule has 0 atom stereocenters. The van der Waals surface area contributed by atoms with Crippen LogP contribution >= 0.6 is 11.3 Å². The Hall–Kier alpha value is -2.93. The number of methoxy groups -OCH3 is 2. The standard InChI is InChI=1S/C22H21FN2O3S/c1-27-16-9-10-20(28-2)14(11-16)12-25(15-7-8-15)22(26)19-13-29-21(24-19)17-5-3-4-6-18(17)23/h3-6,9-11,13,15H,7-8,12H2,1-2H3. The Morgan fingerprint density at radius 3 is 2.69 bits per heavy atom. The van der Waals surface area contributed by atoms with Gasteiger partial charge >= 0.3 is 0 Å². The van der Waals surface area contributed by atoms with E-state index in [4.69, 9.17) is 9.47 Å². The SMILES string of the molecule is COc1ccc(OC)c(CN(C(=O)c2csc(-c3ccccc3F)n2)C2CC2)c1. The molecule has 4 rings (SSSR count). The molecule has 1 amide bonds. The number of carbonyl (C=O) groups is 1. The second kappa shape index (κ2) is 8.21. The van der Waals surface area contributed by atoms with Crippen molar-refractivity contribution in [2.45, 2.75) is 25.4 Å². The summed E-state index contributed by atoms with van der Waals surface area (Å²) in [6.07, 6.45) is 1.92. The Balaban J connectivity index is 1.61. The molecule has 5 nitrogen and oxygen atoms in total. The van der Waals surface area contributed by atoms with Gasteiger partial charge in [0.05, 0.1) is 20.8 Å². The predicted octanol–water partition coefficient (Wildman–Crippen LogP) is 4.77. The molecule has 1 aromatic heterocycles. The molecule has 1 fully saturated rings. The number of carbonyl (C=O) groups excluding carboxylic acids is 1. The first-order valence-electron chi connectivity index (χ1n) is 9.33. The zero-order chi connectivity index (χ0) is 20.4. The van der Waals surface area contributed by atoms with Crippen molar-refractivity contribution in [3.05, 3.63) is 64.9 Å². The molecule has 150 valence electrons. The normalized spacial score (nSPS) is 13.2. The molecule has 0 radical (unpaired) electrons. The molecule has 3 aromatic rings. The molecular weight excluding hydrogens is 391 g/mol. The Labute approximate surface area is 172 Å². The van der Waals surface area contributed by atoms with Gasteiger partial charge in [-0.25, -0.2) is 9.37 Å². The van der Waals surface area contributed by atoms with Crippen LogP contribution in [-0.2, 0) is 6.54 Å². The van der Waals surface area contributed by atoms with Gasteiger partial charge in [-0.05, 0) is 43.2 Å². The number of amides is 1. The summed E-state index contributed by atoms with van der Waals surface area (Å²) in [6, 6.07) is 12.2. The van der Waals surface area contributed by atoms with Gasteiger partial charge in [0, 0.05) is 22.5 Å². The van der Waals surface area contributed by atoms with Crippen LogP contribution in [0.4, 0.5) is 4.39 Å². The number of hydrogen-bond acceptors (Lipinski definition) is 5. The molecule has 0 aliphatic heterocycles. The van der Waals surface area contributed by atoms with Crippen molar-refractivity contribution in [3.63, 3.8) is 0 Å². The zero-order valence-electron chi connectivity index (χ0n) is 16.2. The summed E-state index contributed by atoms with van der Waals surface area (Å²) in [6.45, 7) is 0.399. The quantitative estimate of drug-likeness (QED) is 0.561. The Morgan fingerprint density at radius 2 is 2.00 bits per heavy atom. The minimum absolute atomic E-state index is 0.156. The second-order valence-electron chi connectivity index (χ2n) is 6.86. The van der Waals surface area contributed by atoms with Gasteiger partial charge < -0.3 is 14.4 Å². The van der Waals surface area contributed by atoms with Gasteiger partial charge in [-0.3, -0.25) is 4.79 Å². The number of ether oxygens (including phenoxy) is 2. The van der Waals surface area contributed by atoms with Gasteiger partial charge in [0.25, 0.3) is 5.91 Å². The largest absolute Gasteiger partial charge is 0.497 e. The summed E-state index contributed by atoms with van der Waals surface area (Å²) < 4.78 is 24.8. The molecule has 0 saturated heterocycles. The lowest BCUT2D eigenvalue weighted by Crippen LogP contribution is -2.33. The van der Waals surface area contributed by atoms with Crippen LogP contribution in [0, 0.1) is 5.82 Å². The highest BCUT2D eigenvalue weighted by atomic mass is 32.1. The highest BCUT2D eigenvalue weighted by molar-refractivity contribution is 7.13. The molecule has 1 saturated carbocycles. The number of aromatic nitrogens is 1. The molecule has 29 heavy (non-hydrogen) atoms. The van der Waals surface area contributed by atoms with Crippen LogP contribution in [0.25, 0.3) is 10.6 Å². The van der Waals surface area contributed by atoms with E-state index in [0.717, 1.165) is 18.4 Å². The maximum atomic E-state index is 14.1. The van der Waals surface area contributed by atoms with Crippen molar-refractivity contribution in [3.8, 4) is 22.1 Å². The summed E-state index contributed by atoms with van der Waals surface area (Å²) in [5.41, 5.74) is 1.61. The average molecular weight is 412 g/mol. The van der Waals surface area contributed by atoms with Crippen LogP contribution in [-0.4, -0.2) is 36.1 Å². The van der Waals surface area contributed by atoms with Crippen molar-refractivity contribution in [1.82, 2.24) is 9.88 Å². The Kier molecular flexibility index (Phi) is 5.49. The molecular formula is C22H21FN2O3S. The van der Waals surface area contributed by atoms with E-state index in [0.29, 0.717) is 34.3 Å². The van der Waals surface area contributed by atoms with Gasteiger partial charge in [-0.15, -0.1) is 11.3 Å². The molecule has 7 heteroatoms. The van der Waals surface area contributed by atoms with E-state index >= 15 is 0 Å². The van der Waals surface area contributed by atoms with E-state index in [1.807, 2.05) is 23.1 Å². The van der Waals surface area contributed by atoms with E-state index < -0.39 is 0 Å². The summed E-state index contributed by atoms with van der Waals surface area (Å²) in [7, 11) is 3.21. The minimum Gasteiger partial charge on any atom is -0.497 e. The number of rotatable bonds is 7. The van der Waals surface area contributed by atoms with Gasteiger partial charge in [-0.1, -0.05) is 12.1 Å². The maximum Gasteiger partial charge on any atom is 0.273 e. The van der Waals surface area contributed by atoms with Gasteiger partial charge in [0.2, 0.25) is 0 Å². The molecule has 1 aliphatic carbocycles. The molecule has 1 aliphatic rings. The van der Waals surface area contributed by atoms with Crippen LogP contribution < -0.4 is 9.47 Å². The molecule has 0 bridgehead atoms. The number of benzene rings is 2. The fraction of sp³-hybridized carbons (Fsp3) is 0.273. The first-order chi connectivity index (χ1) is 14.1. The predicted molar refractivity (Wildman–Crippen MR) is 110 cm³/mol. The average Bonchev–Trinajstić information content (AvgIpc) is 3.47. The third-order valence-electron chi connectivity index (χ3n) is 4.90. The molecule has 0 N–H and O–H groups in total. The lowest BCUT2D eigenvalue weighted by molar-refractivity contribution is 0.0723. The van der Waals surface area contributed by atoms with Gasteiger partial charge in [-0.2, -0.15) is 0 Å². The Morgan fingerprint density at radius 1 is 1.21 bits per heavy atom. The van der Waals surface area contributed by atoms with Crippen LogP contribution in [0.15, 0.2) is 47.8 Å². The molecule has 0 unspecified atom stereocenters. The highest BCUT2D eigenvalue weighted by Crippen LogP contribution is 2.34.